The van der Waals surface area contributed by atoms with Crippen molar-refractivity contribution in [2.24, 2.45) is 0 Å². The number of carbonyl (C=O) groups excluding carboxylic acids is 2. The molecule has 2 aliphatic rings. The van der Waals surface area contributed by atoms with Crippen molar-refractivity contribution in [2.75, 3.05) is 13.1 Å². The molecule has 148 valence electrons. The predicted molar refractivity (Wildman–Crippen MR) is 105 cm³/mol. The Morgan fingerprint density at radius 1 is 1.03 bits per heavy atom. The zero-order chi connectivity index (χ0) is 19.8. The Labute approximate surface area is 168 Å². The second-order valence-corrected chi connectivity index (χ2v) is 7.70. The molecule has 7 heteroatoms. The zero-order valence-corrected chi connectivity index (χ0v) is 16.0. The van der Waals surface area contributed by atoms with Crippen molar-refractivity contribution in [1.29, 1.82) is 0 Å². The van der Waals surface area contributed by atoms with E-state index in [0.29, 0.717) is 43.3 Å². The Morgan fingerprint density at radius 2 is 1.83 bits per heavy atom. The third-order valence-electron chi connectivity index (χ3n) is 5.96. The standard InChI is InChI=1S/C22H22N4O3/c27-19-9-8-18(26-12-4-7-17(19)26)22(28)25-13-10-16(11-14-25)21-23-20(24-29-21)15-5-2-1-3-6-15/h1-7,12,16,18H,8-11,13-14H2/t18-/m1/s1. The monoisotopic (exact) mass is 390 g/mol. The molecular weight excluding hydrogens is 368 g/mol. The minimum atomic E-state index is -0.276. The number of piperidine rings is 1. The fraction of sp³-hybridized carbons (Fsp3) is 0.364. The summed E-state index contributed by atoms with van der Waals surface area (Å²) >= 11 is 0. The van der Waals surface area contributed by atoms with E-state index >= 15 is 0 Å². The van der Waals surface area contributed by atoms with Crippen LogP contribution in [0.4, 0.5) is 0 Å². The maximum Gasteiger partial charge on any atom is 0.245 e. The van der Waals surface area contributed by atoms with Crippen molar-refractivity contribution in [3.63, 3.8) is 0 Å². The van der Waals surface area contributed by atoms with Gasteiger partial charge in [-0.25, -0.2) is 0 Å². The summed E-state index contributed by atoms with van der Waals surface area (Å²) in [4.78, 5) is 31.6. The Bertz CT molecular complexity index is 1030. The van der Waals surface area contributed by atoms with Gasteiger partial charge in [0.1, 0.15) is 6.04 Å². The molecule has 0 spiro atoms. The summed E-state index contributed by atoms with van der Waals surface area (Å²) in [5.41, 5.74) is 1.58. The van der Waals surface area contributed by atoms with Gasteiger partial charge >= 0.3 is 0 Å². The van der Waals surface area contributed by atoms with Gasteiger partial charge in [-0.05, 0) is 31.4 Å². The molecule has 1 fully saturated rings. The number of hydrogen-bond acceptors (Lipinski definition) is 5. The van der Waals surface area contributed by atoms with Crippen LogP contribution in [0.3, 0.4) is 0 Å². The number of fused-ring (bicyclic) bond motifs is 1. The van der Waals surface area contributed by atoms with E-state index in [1.807, 2.05) is 52.1 Å². The van der Waals surface area contributed by atoms with Gasteiger partial charge in [0, 0.05) is 37.2 Å². The first kappa shape index (κ1) is 17.8. The average molecular weight is 390 g/mol. The fourth-order valence-electron chi connectivity index (χ4n) is 4.34. The lowest BCUT2D eigenvalue weighted by Crippen LogP contribution is -2.43. The molecule has 5 rings (SSSR count). The molecule has 2 aliphatic heterocycles. The van der Waals surface area contributed by atoms with Gasteiger partial charge in [-0.1, -0.05) is 35.5 Å². The van der Waals surface area contributed by atoms with Crippen LogP contribution in [0.2, 0.25) is 0 Å². The van der Waals surface area contributed by atoms with Crippen molar-refractivity contribution >= 4 is 11.7 Å². The van der Waals surface area contributed by atoms with E-state index in [1.165, 1.54) is 0 Å². The van der Waals surface area contributed by atoms with Crippen molar-refractivity contribution in [2.45, 2.75) is 37.6 Å². The van der Waals surface area contributed by atoms with Crippen LogP contribution in [0, 0.1) is 0 Å². The molecule has 0 bridgehead atoms. The first-order valence-corrected chi connectivity index (χ1v) is 10.1. The largest absolute Gasteiger partial charge is 0.341 e. The first-order chi connectivity index (χ1) is 14.2. The average Bonchev–Trinajstić information content (AvgIpc) is 3.45. The number of likely N-dealkylation sites (tertiary alicyclic amines) is 1. The molecule has 0 N–H and O–H groups in total. The lowest BCUT2D eigenvalue weighted by molar-refractivity contribution is -0.136. The van der Waals surface area contributed by atoms with Crippen LogP contribution >= 0.6 is 0 Å². The van der Waals surface area contributed by atoms with Crippen LogP contribution in [0.1, 0.15) is 54.0 Å². The predicted octanol–water partition coefficient (Wildman–Crippen LogP) is 3.46. The molecule has 29 heavy (non-hydrogen) atoms. The van der Waals surface area contributed by atoms with E-state index in [2.05, 4.69) is 10.1 Å². The molecule has 2 aromatic heterocycles. The molecule has 0 saturated carbocycles. The van der Waals surface area contributed by atoms with Crippen LogP contribution in [-0.2, 0) is 4.79 Å². The molecule has 7 nitrogen and oxygen atoms in total. The quantitative estimate of drug-likeness (QED) is 0.684. The second kappa shape index (κ2) is 7.31. The van der Waals surface area contributed by atoms with Crippen molar-refractivity contribution in [3.8, 4) is 11.4 Å². The van der Waals surface area contributed by atoms with Gasteiger partial charge in [-0.2, -0.15) is 4.98 Å². The summed E-state index contributed by atoms with van der Waals surface area (Å²) in [6.07, 6.45) is 4.44. The molecular formula is C22H22N4O3. The Kier molecular flexibility index (Phi) is 4.50. The molecule has 0 unspecified atom stereocenters. The summed E-state index contributed by atoms with van der Waals surface area (Å²) in [7, 11) is 0. The van der Waals surface area contributed by atoms with E-state index in [1.54, 1.807) is 6.07 Å². The second-order valence-electron chi connectivity index (χ2n) is 7.70. The summed E-state index contributed by atoms with van der Waals surface area (Å²) in [5, 5.41) is 4.11. The number of aromatic nitrogens is 3. The van der Waals surface area contributed by atoms with Gasteiger partial charge in [-0.3, -0.25) is 9.59 Å². The topological polar surface area (TPSA) is 81.2 Å². The third kappa shape index (κ3) is 3.26. The number of carbonyl (C=O) groups is 2. The number of Topliss-reactive ketones (excluding diaryl/α,β-unsaturated/α-hetero) is 1. The molecule has 1 atom stereocenters. The molecule has 1 amide bonds. The van der Waals surface area contributed by atoms with Gasteiger partial charge in [0.05, 0.1) is 5.69 Å². The summed E-state index contributed by atoms with van der Waals surface area (Å²) in [5.74, 6) is 1.63. The van der Waals surface area contributed by atoms with Crippen molar-refractivity contribution < 1.29 is 14.1 Å². The number of rotatable bonds is 3. The number of nitrogens with zero attached hydrogens (tertiary/aromatic N) is 4. The lowest BCUT2D eigenvalue weighted by Gasteiger charge is -2.35. The van der Waals surface area contributed by atoms with E-state index in [9.17, 15) is 9.59 Å². The number of amides is 1. The van der Waals surface area contributed by atoms with Gasteiger partial charge in [0.15, 0.2) is 5.78 Å². The van der Waals surface area contributed by atoms with E-state index < -0.39 is 0 Å². The first-order valence-electron chi connectivity index (χ1n) is 10.1. The van der Waals surface area contributed by atoms with Gasteiger partial charge < -0.3 is 14.0 Å². The highest BCUT2D eigenvalue weighted by Crippen LogP contribution is 2.32. The molecule has 0 aliphatic carbocycles. The zero-order valence-electron chi connectivity index (χ0n) is 16.0. The highest BCUT2D eigenvalue weighted by atomic mass is 16.5. The van der Waals surface area contributed by atoms with Crippen molar-refractivity contribution in [3.05, 3.63) is 60.2 Å². The highest BCUT2D eigenvalue weighted by molar-refractivity contribution is 5.97. The summed E-state index contributed by atoms with van der Waals surface area (Å²) in [6, 6.07) is 13.1. The minimum absolute atomic E-state index is 0.101. The fourth-order valence-corrected chi connectivity index (χ4v) is 4.34. The maximum atomic E-state index is 13.1. The maximum absolute atomic E-state index is 13.1. The van der Waals surface area contributed by atoms with Crippen LogP contribution in [-0.4, -0.2) is 44.4 Å². The van der Waals surface area contributed by atoms with E-state index in [-0.39, 0.29) is 23.7 Å². The van der Waals surface area contributed by atoms with Gasteiger partial charge in [0.2, 0.25) is 17.6 Å². The van der Waals surface area contributed by atoms with Gasteiger partial charge in [-0.15, -0.1) is 0 Å². The highest BCUT2D eigenvalue weighted by Gasteiger charge is 2.35. The number of hydrogen-bond donors (Lipinski definition) is 0. The molecule has 3 aromatic rings. The molecule has 1 saturated heterocycles. The van der Waals surface area contributed by atoms with E-state index in [0.717, 1.165) is 18.4 Å². The molecule has 1 aromatic carbocycles. The van der Waals surface area contributed by atoms with Crippen molar-refractivity contribution in [1.82, 2.24) is 19.6 Å². The third-order valence-corrected chi connectivity index (χ3v) is 5.96. The normalized spacial score (nSPS) is 19.9. The van der Waals surface area contributed by atoms with Crippen LogP contribution in [0.5, 0.6) is 0 Å². The lowest BCUT2D eigenvalue weighted by atomic mass is 9.95. The van der Waals surface area contributed by atoms with Crippen LogP contribution in [0.25, 0.3) is 11.4 Å². The molecule has 4 heterocycles. The Hall–Kier alpha value is -3.22. The summed E-state index contributed by atoms with van der Waals surface area (Å²) in [6.45, 7) is 1.32. The summed E-state index contributed by atoms with van der Waals surface area (Å²) < 4.78 is 7.35. The smallest absolute Gasteiger partial charge is 0.245 e. The Morgan fingerprint density at radius 3 is 2.62 bits per heavy atom. The van der Waals surface area contributed by atoms with Crippen LogP contribution < -0.4 is 0 Å². The minimum Gasteiger partial charge on any atom is -0.341 e. The number of ketones is 1. The Balaban J connectivity index is 1.25. The molecule has 0 radical (unpaired) electrons. The van der Waals surface area contributed by atoms with E-state index in [4.69, 9.17) is 4.52 Å². The van der Waals surface area contributed by atoms with Crippen LogP contribution in [0.15, 0.2) is 53.2 Å². The SMILES string of the molecule is O=C1CC[C@H](C(=O)N2CCC(c3nc(-c4ccccc4)no3)CC2)n2cccc21. The van der Waals surface area contributed by atoms with Gasteiger partial charge in [0.25, 0.3) is 0 Å². The number of benzene rings is 1.